The molecule has 2 saturated heterocycles. The number of ether oxygens (including phenoxy) is 1. The standard InChI is InChI=1S/C35H44N8O3S/c1-26(2)47(44,45)33-12-8-7-11-31(33)39-35-37-25-36-34(40-35)38-30-14-13-29(23-32(30)46-3)43-21-19-42(20-22-43)28-15-17-41(18-16-28)24-27-9-5-4-6-10-27/h4-14,23,25-26,28H,15-22,24H2,1-3H3,(H2,36,37,38,39,40). The van der Waals surface area contributed by atoms with Crippen LogP contribution in [0.1, 0.15) is 32.3 Å². The van der Waals surface area contributed by atoms with Crippen LogP contribution in [0.2, 0.25) is 0 Å². The van der Waals surface area contributed by atoms with Crippen molar-refractivity contribution >= 4 is 38.8 Å². The molecule has 0 amide bonds. The second-order valence-corrected chi connectivity index (χ2v) is 14.8. The third-order valence-electron chi connectivity index (χ3n) is 9.07. The maximum atomic E-state index is 12.9. The Balaban J connectivity index is 1.05. The zero-order chi connectivity index (χ0) is 32.8. The fourth-order valence-corrected chi connectivity index (χ4v) is 7.54. The summed E-state index contributed by atoms with van der Waals surface area (Å²) in [4.78, 5) is 20.8. The molecule has 0 atom stereocenters. The zero-order valence-corrected chi connectivity index (χ0v) is 28.2. The highest BCUT2D eigenvalue weighted by atomic mass is 32.2. The number of likely N-dealkylation sites (tertiary alicyclic amines) is 1. The Hall–Kier alpha value is -4.26. The molecule has 248 valence electrons. The van der Waals surface area contributed by atoms with E-state index in [1.54, 1.807) is 45.2 Å². The lowest BCUT2D eigenvalue weighted by atomic mass is 10.0. The smallest absolute Gasteiger partial charge is 0.232 e. The first-order chi connectivity index (χ1) is 22.8. The first-order valence-electron chi connectivity index (χ1n) is 16.3. The van der Waals surface area contributed by atoms with Crippen molar-refractivity contribution in [3.05, 3.63) is 84.7 Å². The summed E-state index contributed by atoms with van der Waals surface area (Å²) in [6, 6.07) is 24.3. The number of anilines is 5. The van der Waals surface area contributed by atoms with Gasteiger partial charge < -0.3 is 20.3 Å². The van der Waals surface area contributed by atoms with Crippen molar-refractivity contribution in [3.8, 4) is 5.75 Å². The van der Waals surface area contributed by atoms with Gasteiger partial charge in [0.25, 0.3) is 0 Å². The van der Waals surface area contributed by atoms with Gasteiger partial charge in [-0.25, -0.2) is 18.4 Å². The van der Waals surface area contributed by atoms with Gasteiger partial charge in [-0.15, -0.1) is 0 Å². The van der Waals surface area contributed by atoms with Crippen molar-refractivity contribution in [2.24, 2.45) is 0 Å². The van der Waals surface area contributed by atoms with Crippen molar-refractivity contribution in [1.82, 2.24) is 24.8 Å². The molecule has 2 aliphatic heterocycles. The van der Waals surface area contributed by atoms with Crippen LogP contribution in [-0.4, -0.2) is 90.8 Å². The largest absolute Gasteiger partial charge is 0.494 e. The van der Waals surface area contributed by atoms with Gasteiger partial charge in [0.1, 0.15) is 12.1 Å². The minimum atomic E-state index is -3.50. The van der Waals surface area contributed by atoms with Crippen LogP contribution in [0.25, 0.3) is 0 Å². The number of nitrogens with zero attached hydrogens (tertiary/aromatic N) is 6. The Bertz CT molecular complexity index is 1740. The zero-order valence-electron chi connectivity index (χ0n) is 27.3. The molecular formula is C35H44N8O3S. The van der Waals surface area contributed by atoms with E-state index in [0.29, 0.717) is 23.4 Å². The molecule has 2 aliphatic rings. The summed E-state index contributed by atoms with van der Waals surface area (Å²) >= 11 is 0. The molecule has 3 heterocycles. The summed E-state index contributed by atoms with van der Waals surface area (Å²) in [6.45, 7) is 10.7. The number of benzene rings is 3. The number of piperazine rings is 1. The van der Waals surface area contributed by atoms with Crippen LogP contribution in [0.3, 0.4) is 0 Å². The highest BCUT2D eigenvalue weighted by Gasteiger charge is 2.28. The molecule has 0 aliphatic carbocycles. The number of nitrogens with one attached hydrogen (secondary N) is 2. The Morgan fingerprint density at radius 2 is 1.49 bits per heavy atom. The lowest BCUT2D eigenvalue weighted by molar-refractivity contribution is 0.0998. The van der Waals surface area contributed by atoms with Crippen LogP contribution < -0.4 is 20.3 Å². The van der Waals surface area contributed by atoms with Crippen LogP contribution in [0.5, 0.6) is 5.75 Å². The van der Waals surface area contributed by atoms with Gasteiger partial charge in [-0.1, -0.05) is 42.5 Å². The molecule has 3 aromatic carbocycles. The fraction of sp³-hybridized carbons (Fsp3) is 0.400. The van der Waals surface area contributed by atoms with Crippen molar-refractivity contribution in [2.75, 3.05) is 61.9 Å². The number of sulfone groups is 1. The Kier molecular flexibility index (Phi) is 10.2. The van der Waals surface area contributed by atoms with Gasteiger partial charge >= 0.3 is 0 Å². The molecule has 1 aromatic heterocycles. The second-order valence-electron chi connectivity index (χ2n) is 12.4. The number of hydrogen-bond donors (Lipinski definition) is 2. The predicted molar refractivity (Wildman–Crippen MR) is 187 cm³/mol. The summed E-state index contributed by atoms with van der Waals surface area (Å²) in [7, 11) is -1.85. The predicted octanol–water partition coefficient (Wildman–Crippen LogP) is 5.34. The summed E-state index contributed by atoms with van der Waals surface area (Å²) in [5, 5.41) is 5.73. The molecule has 2 fully saturated rings. The molecule has 0 spiro atoms. The number of hydrogen-bond acceptors (Lipinski definition) is 11. The molecule has 4 aromatic rings. The van der Waals surface area contributed by atoms with E-state index in [1.807, 2.05) is 12.1 Å². The monoisotopic (exact) mass is 656 g/mol. The highest BCUT2D eigenvalue weighted by Crippen LogP contribution is 2.33. The van der Waals surface area contributed by atoms with Gasteiger partial charge in [0, 0.05) is 50.5 Å². The van der Waals surface area contributed by atoms with Gasteiger partial charge in [0.05, 0.1) is 28.6 Å². The summed E-state index contributed by atoms with van der Waals surface area (Å²) in [6.07, 6.45) is 3.82. The third kappa shape index (κ3) is 7.83. The lowest BCUT2D eigenvalue weighted by Gasteiger charge is -2.43. The normalized spacial score (nSPS) is 16.7. The average Bonchev–Trinajstić information content (AvgIpc) is 3.10. The molecule has 0 bridgehead atoms. The van der Waals surface area contributed by atoms with Crippen molar-refractivity contribution in [2.45, 2.75) is 49.4 Å². The summed E-state index contributed by atoms with van der Waals surface area (Å²) in [5.74, 6) is 1.21. The van der Waals surface area contributed by atoms with E-state index >= 15 is 0 Å². The van der Waals surface area contributed by atoms with Crippen LogP contribution in [0, 0.1) is 0 Å². The van der Waals surface area contributed by atoms with Crippen molar-refractivity contribution in [1.29, 1.82) is 0 Å². The number of para-hydroxylation sites is 1. The van der Waals surface area contributed by atoms with Gasteiger partial charge in [-0.3, -0.25) is 9.80 Å². The van der Waals surface area contributed by atoms with Crippen LogP contribution in [-0.2, 0) is 16.4 Å². The Morgan fingerprint density at radius 1 is 0.830 bits per heavy atom. The van der Waals surface area contributed by atoms with E-state index < -0.39 is 15.1 Å². The number of rotatable bonds is 11. The number of methoxy groups -OCH3 is 1. The van der Waals surface area contributed by atoms with Gasteiger partial charge in [0.15, 0.2) is 9.84 Å². The van der Waals surface area contributed by atoms with Gasteiger partial charge in [0.2, 0.25) is 11.9 Å². The Morgan fingerprint density at radius 3 is 2.17 bits per heavy atom. The Labute approximate surface area is 277 Å². The molecule has 6 rings (SSSR count). The summed E-state index contributed by atoms with van der Waals surface area (Å²) < 4.78 is 31.5. The quantitative estimate of drug-likeness (QED) is 0.218. The molecular weight excluding hydrogens is 613 g/mol. The minimum absolute atomic E-state index is 0.201. The maximum Gasteiger partial charge on any atom is 0.232 e. The van der Waals surface area contributed by atoms with E-state index in [0.717, 1.165) is 57.2 Å². The fourth-order valence-electron chi connectivity index (χ4n) is 6.34. The highest BCUT2D eigenvalue weighted by molar-refractivity contribution is 7.92. The van der Waals surface area contributed by atoms with E-state index in [9.17, 15) is 8.42 Å². The third-order valence-corrected chi connectivity index (χ3v) is 11.3. The molecule has 0 unspecified atom stereocenters. The minimum Gasteiger partial charge on any atom is -0.494 e. The van der Waals surface area contributed by atoms with Crippen LogP contribution in [0.15, 0.2) is 84.0 Å². The van der Waals surface area contributed by atoms with E-state index in [-0.39, 0.29) is 10.8 Å². The number of aromatic nitrogens is 3. The molecule has 11 nitrogen and oxygen atoms in total. The maximum absolute atomic E-state index is 12.9. The SMILES string of the molecule is COc1cc(N2CCN(C3CCN(Cc4ccccc4)CC3)CC2)ccc1Nc1ncnc(Nc2ccccc2S(=O)(=O)C(C)C)n1. The second kappa shape index (κ2) is 14.7. The summed E-state index contributed by atoms with van der Waals surface area (Å²) in [5.41, 5.74) is 3.64. The van der Waals surface area contributed by atoms with Crippen LogP contribution in [0.4, 0.5) is 29.0 Å². The van der Waals surface area contributed by atoms with E-state index in [4.69, 9.17) is 4.74 Å². The van der Waals surface area contributed by atoms with Crippen LogP contribution >= 0.6 is 0 Å². The molecule has 0 radical (unpaired) electrons. The average molecular weight is 657 g/mol. The first kappa shape index (κ1) is 32.7. The van der Waals surface area contributed by atoms with Gasteiger partial charge in [-0.2, -0.15) is 4.98 Å². The van der Waals surface area contributed by atoms with E-state index in [1.165, 1.54) is 24.7 Å². The lowest BCUT2D eigenvalue weighted by Crippen LogP contribution is -2.53. The van der Waals surface area contributed by atoms with Crippen molar-refractivity contribution < 1.29 is 13.2 Å². The number of piperidine rings is 1. The first-order valence-corrected chi connectivity index (χ1v) is 17.8. The molecule has 0 saturated carbocycles. The topological polar surface area (TPSA) is 116 Å². The van der Waals surface area contributed by atoms with Gasteiger partial charge in [-0.05, 0) is 69.6 Å². The molecule has 12 heteroatoms. The van der Waals surface area contributed by atoms with Crippen molar-refractivity contribution in [3.63, 3.8) is 0 Å². The van der Waals surface area contributed by atoms with E-state index in [2.05, 4.69) is 76.7 Å². The molecule has 47 heavy (non-hydrogen) atoms. The molecule has 2 N–H and O–H groups in total.